The Bertz CT molecular complexity index is 1080. The highest BCUT2D eigenvalue weighted by atomic mass is 19.4. The minimum absolute atomic E-state index is 0.0489. The number of nitrogens with zero attached hydrogens (tertiary/aromatic N) is 2. The van der Waals surface area contributed by atoms with Crippen molar-refractivity contribution in [3.05, 3.63) is 76.5 Å². The van der Waals surface area contributed by atoms with Gasteiger partial charge >= 0.3 is 18.3 Å². The van der Waals surface area contributed by atoms with Gasteiger partial charge in [-0.3, -0.25) is 0 Å². The first kappa shape index (κ1) is 23.4. The van der Waals surface area contributed by atoms with E-state index in [-0.39, 0.29) is 11.9 Å². The molecule has 10 heteroatoms. The van der Waals surface area contributed by atoms with Gasteiger partial charge in [-0.15, -0.1) is 0 Å². The quantitative estimate of drug-likeness (QED) is 0.330. The average Bonchev–Trinajstić information content (AvgIpc) is 3.09. The monoisotopic (exact) mass is 456 g/mol. The molecule has 0 N–H and O–H groups in total. The predicted molar refractivity (Wildman–Crippen MR) is 104 cm³/mol. The number of aromatic nitrogens is 2. The van der Waals surface area contributed by atoms with E-state index in [0.717, 1.165) is 12.0 Å². The zero-order valence-corrected chi connectivity index (χ0v) is 17.0. The Hall–Kier alpha value is -3.30. The van der Waals surface area contributed by atoms with E-state index in [1.165, 1.54) is 10.7 Å². The molecule has 3 aromatic rings. The van der Waals surface area contributed by atoms with Gasteiger partial charge in [0.15, 0.2) is 0 Å². The Kier molecular flexibility index (Phi) is 6.34. The molecule has 0 aliphatic carbocycles. The number of esters is 1. The van der Waals surface area contributed by atoms with Crippen molar-refractivity contribution in [1.29, 1.82) is 0 Å². The zero-order valence-electron chi connectivity index (χ0n) is 17.0. The molecule has 0 fully saturated rings. The second kappa shape index (κ2) is 8.68. The van der Waals surface area contributed by atoms with Crippen LogP contribution in [-0.4, -0.2) is 15.7 Å². The number of aryl methyl sites for hydroxylation is 2. The third-order valence-electron chi connectivity index (χ3n) is 4.53. The number of carbonyl (C=O) groups is 1. The van der Waals surface area contributed by atoms with Crippen LogP contribution in [0.3, 0.4) is 0 Å². The summed E-state index contributed by atoms with van der Waals surface area (Å²) >= 11 is 0. The number of benzene rings is 2. The van der Waals surface area contributed by atoms with Gasteiger partial charge in [-0.2, -0.15) is 31.4 Å². The van der Waals surface area contributed by atoms with Crippen molar-refractivity contribution in [3.63, 3.8) is 0 Å². The van der Waals surface area contributed by atoms with Crippen molar-refractivity contribution in [3.8, 4) is 11.6 Å². The number of halogens is 6. The Morgan fingerprint density at radius 1 is 0.938 bits per heavy atom. The summed E-state index contributed by atoms with van der Waals surface area (Å²) in [4.78, 5) is 12.6. The molecule has 0 bridgehead atoms. The number of alkyl halides is 6. The van der Waals surface area contributed by atoms with Gasteiger partial charge in [0, 0.05) is 6.07 Å². The van der Waals surface area contributed by atoms with E-state index < -0.39 is 35.0 Å². The molecule has 0 amide bonds. The van der Waals surface area contributed by atoms with Gasteiger partial charge in [-0.05, 0) is 43.7 Å². The highest BCUT2D eigenvalue weighted by Crippen LogP contribution is 2.36. The third kappa shape index (κ3) is 5.30. The molecule has 0 aliphatic rings. The van der Waals surface area contributed by atoms with Crippen molar-refractivity contribution in [2.24, 2.45) is 0 Å². The van der Waals surface area contributed by atoms with Crippen molar-refractivity contribution in [2.45, 2.75) is 39.0 Å². The second-order valence-electron chi connectivity index (χ2n) is 7.16. The maximum atomic E-state index is 13.1. The maximum Gasteiger partial charge on any atom is 0.416 e. The van der Waals surface area contributed by atoms with Gasteiger partial charge < -0.3 is 4.74 Å². The minimum Gasteiger partial charge on any atom is -0.404 e. The summed E-state index contributed by atoms with van der Waals surface area (Å²) in [6.07, 6.45) is -8.89. The molecule has 170 valence electrons. The Morgan fingerprint density at radius 3 is 2.00 bits per heavy atom. The summed E-state index contributed by atoms with van der Waals surface area (Å²) in [5.74, 6) is -1.48. The predicted octanol–water partition coefficient (Wildman–Crippen LogP) is 6.39. The van der Waals surface area contributed by atoms with Crippen LogP contribution in [0.4, 0.5) is 26.3 Å². The summed E-state index contributed by atoms with van der Waals surface area (Å²) < 4.78 is 85.1. The Morgan fingerprint density at radius 2 is 1.50 bits per heavy atom. The molecule has 4 nitrogen and oxygen atoms in total. The fourth-order valence-corrected chi connectivity index (χ4v) is 2.96. The van der Waals surface area contributed by atoms with E-state index in [2.05, 4.69) is 5.10 Å². The summed E-state index contributed by atoms with van der Waals surface area (Å²) in [6, 6.07) is 9.00. The van der Waals surface area contributed by atoms with Crippen LogP contribution in [0, 0.1) is 6.92 Å². The first-order chi connectivity index (χ1) is 14.9. The van der Waals surface area contributed by atoms with E-state index in [0.29, 0.717) is 29.9 Å². The third-order valence-corrected chi connectivity index (χ3v) is 4.53. The van der Waals surface area contributed by atoms with Gasteiger partial charge in [0.05, 0.1) is 28.1 Å². The summed E-state index contributed by atoms with van der Waals surface area (Å²) in [5.41, 5.74) is -2.05. The van der Waals surface area contributed by atoms with Gasteiger partial charge in [0.2, 0.25) is 5.88 Å². The molecular weight excluding hydrogens is 438 g/mol. The fourth-order valence-electron chi connectivity index (χ4n) is 2.96. The van der Waals surface area contributed by atoms with Crippen molar-refractivity contribution < 1.29 is 35.9 Å². The molecular formula is C22H18F6N2O2. The molecule has 0 saturated heterocycles. The minimum atomic E-state index is -5.08. The SMILES string of the molecule is CCCc1cc(OC(=O)c2cc(C(F)(F)F)cc(C(F)(F)F)c2)n(-c2ccc(C)cc2)n1. The fraction of sp³-hybridized carbons (Fsp3) is 0.273. The van der Waals surface area contributed by atoms with Crippen LogP contribution in [0.5, 0.6) is 5.88 Å². The average molecular weight is 456 g/mol. The smallest absolute Gasteiger partial charge is 0.404 e. The zero-order chi connectivity index (χ0) is 23.7. The van der Waals surface area contributed by atoms with Crippen LogP contribution in [0.25, 0.3) is 5.69 Å². The number of hydrogen-bond acceptors (Lipinski definition) is 3. The number of rotatable bonds is 5. The topological polar surface area (TPSA) is 44.1 Å². The normalized spacial score (nSPS) is 12.1. The van der Waals surface area contributed by atoms with Crippen LogP contribution >= 0.6 is 0 Å². The van der Waals surface area contributed by atoms with E-state index in [1.54, 1.807) is 24.3 Å². The lowest BCUT2D eigenvalue weighted by Gasteiger charge is -2.14. The van der Waals surface area contributed by atoms with Crippen LogP contribution in [0.2, 0.25) is 0 Å². The number of ether oxygens (including phenoxy) is 1. The molecule has 0 atom stereocenters. The summed E-state index contributed by atoms with van der Waals surface area (Å²) in [6.45, 7) is 3.76. The molecule has 32 heavy (non-hydrogen) atoms. The van der Waals surface area contributed by atoms with E-state index in [9.17, 15) is 31.1 Å². The maximum absolute atomic E-state index is 13.1. The van der Waals surface area contributed by atoms with Crippen LogP contribution in [0.1, 0.15) is 46.1 Å². The lowest BCUT2D eigenvalue weighted by molar-refractivity contribution is -0.143. The number of hydrogen-bond donors (Lipinski definition) is 0. The van der Waals surface area contributed by atoms with Crippen molar-refractivity contribution >= 4 is 5.97 Å². The van der Waals surface area contributed by atoms with E-state index in [1.807, 2.05) is 13.8 Å². The largest absolute Gasteiger partial charge is 0.416 e. The van der Waals surface area contributed by atoms with E-state index in [4.69, 9.17) is 4.74 Å². The second-order valence-corrected chi connectivity index (χ2v) is 7.16. The number of carbonyl (C=O) groups excluding carboxylic acids is 1. The molecule has 0 spiro atoms. The van der Waals surface area contributed by atoms with Crippen LogP contribution in [-0.2, 0) is 18.8 Å². The lowest BCUT2D eigenvalue weighted by Crippen LogP contribution is -2.16. The highest BCUT2D eigenvalue weighted by molar-refractivity contribution is 5.91. The standard InChI is InChI=1S/C22H18F6N2O2/c1-3-4-17-12-19(30(29-17)18-7-5-13(2)6-8-18)32-20(31)14-9-15(21(23,24)25)11-16(10-14)22(26,27)28/h5-12H,3-4H2,1-2H3. The molecule has 0 aliphatic heterocycles. The van der Waals surface area contributed by atoms with Gasteiger partial charge in [-0.1, -0.05) is 31.0 Å². The van der Waals surface area contributed by atoms with Crippen molar-refractivity contribution in [1.82, 2.24) is 9.78 Å². The van der Waals surface area contributed by atoms with E-state index >= 15 is 0 Å². The molecule has 3 rings (SSSR count). The Balaban J connectivity index is 2.02. The van der Waals surface area contributed by atoms with Crippen LogP contribution < -0.4 is 4.74 Å². The van der Waals surface area contributed by atoms with Gasteiger partial charge in [0.1, 0.15) is 0 Å². The first-order valence-electron chi connectivity index (χ1n) is 9.56. The highest BCUT2D eigenvalue weighted by Gasteiger charge is 2.37. The molecule has 0 unspecified atom stereocenters. The lowest BCUT2D eigenvalue weighted by atomic mass is 10.0. The van der Waals surface area contributed by atoms with Crippen LogP contribution in [0.15, 0.2) is 48.5 Å². The molecule has 1 heterocycles. The molecule has 0 radical (unpaired) electrons. The summed E-state index contributed by atoms with van der Waals surface area (Å²) in [7, 11) is 0. The van der Waals surface area contributed by atoms with Crippen molar-refractivity contribution in [2.75, 3.05) is 0 Å². The van der Waals surface area contributed by atoms with Gasteiger partial charge in [-0.25, -0.2) is 9.48 Å². The first-order valence-corrected chi connectivity index (χ1v) is 9.56. The molecule has 0 saturated carbocycles. The molecule has 1 aromatic heterocycles. The Labute approximate surface area is 179 Å². The summed E-state index contributed by atoms with van der Waals surface area (Å²) in [5, 5.41) is 4.34. The van der Waals surface area contributed by atoms with Gasteiger partial charge in [0.25, 0.3) is 0 Å². The molecule has 2 aromatic carbocycles.